The second kappa shape index (κ2) is 10.2. The van der Waals surface area contributed by atoms with Crippen molar-refractivity contribution >= 4 is 11.7 Å². The van der Waals surface area contributed by atoms with Crippen LogP contribution in [0.15, 0.2) is 4.99 Å². The van der Waals surface area contributed by atoms with E-state index in [4.69, 9.17) is 4.99 Å². The van der Waals surface area contributed by atoms with Crippen LogP contribution in [0.4, 0.5) is 0 Å². The maximum atomic E-state index is 11.5. The molecule has 4 aliphatic carbocycles. The van der Waals surface area contributed by atoms with Crippen molar-refractivity contribution in [2.75, 3.05) is 13.1 Å². The zero-order valence-electron chi connectivity index (χ0n) is 22.4. The second-order valence-electron chi connectivity index (χ2n) is 13.2. The van der Waals surface area contributed by atoms with E-state index in [0.717, 1.165) is 44.7 Å². The molecule has 0 spiro atoms. The van der Waals surface area contributed by atoms with Gasteiger partial charge >= 0.3 is 5.97 Å². The van der Waals surface area contributed by atoms with E-state index in [1.54, 1.807) is 0 Å². The van der Waals surface area contributed by atoms with E-state index in [1.807, 2.05) is 0 Å². The number of nitrogens with one attached hydrogen (secondary N) is 1. The van der Waals surface area contributed by atoms with Gasteiger partial charge in [0, 0.05) is 24.7 Å². The van der Waals surface area contributed by atoms with Gasteiger partial charge in [-0.1, -0.05) is 34.6 Å². The summed E-state index contributed by atoms with van der Waals surface area (Å²) in [4.78, 5) is 16.1. The summed E-state index contributed by atoms with van der Waals surface area (Å²) in [5.41, 5.74) is 1.87. The van der Waals surface area contributed by atoms with Gasteiger partial charge < -0.3 is 15.5 Å². The largest absolute Gasteiger partial charge is 0.481 e. The van der Waals surface area contributed by atoms with Gasteiger partial charge in [0.2, 0.25) is 0 Å². The molecular weight excluding hydrogens is 424 g/mol. The summed E-state index contributed by atoms with van der Waals surface area (Å²) in [5.74, 6) is 2.82. The number of aliphatic hydroxyl groups excluding tert-OH is 1. The Morgan fingerprint density at radius 3 is 2.53 bits per heavy atom. The molecule has 0 aromatic heterocycles. The van der Waals surface area contributed by atoms with E-state index < -0.39 is 5.97 Å². The van der Waals surface area contributed by atoms with Crippen LogP contribution in [-0.2, 0) is 4.79 Å². The number of nitrogens with zero attached hydrogens (tertiary/aromatic N) is 1. The van der Waals surface area contributed by atoms with E-state index in [9.17, 15) is 15.0 Å². The number of hydrogen-bond acceptors (Lipinski definition) is 4. The van der Waals surface area contributed by atoms with Crippen molar-refractivity contribution in [3.63, 3.8) is 0 Å². The Labute approximate surface area is 207 Å². The first-order chi connectivity index (χ1) is 16.1. The molecule has 0 aliphatic heterocycles. The number of aliphatic imine (C=N–C) groups is 1. The lowest BCUT2D eigenvalue weighted by Crippen LogP contribution is -2.58. The average Bonchev–Trinajstić information content (AvgIpc) is 3.13. The average molecular weight is 475 g/mol. The van der Waals surface area contributed by atoms with Crippen molar-refractivity contribution < 1.29 is 15.0 Å². The molecular formula is C29H50N2O3. The lowest BCUT2D eigenvalue weighted by atomic mass is 9.44. The van der Waals surface area contributed by atoms with Crippen LogP contribution in [0.2, 0.25) is 0 Å². The molecule has 4 saturated carbocycles. The van der Waals surface area contributed by atoms with Crippen LogP contribution in [0.1, 0.15) is 98.8 Å². The highest BCUT2D eigenvalue weighted by Gasteiger charge is 2.62. The maximum Gasteiger partial charge on any atom is 0.303 e. The normalized spacial score (nSPS) is 43.9. The van der Waals surface area contributed by atoms with Gasteiger partial charge in [0.05, 0.1) is 12.6 Å². The second-order valence-corrected chi connectivity index (χ2v) is 13.2. The molecule has 4 fully saturated rings. The summed E-state index contributed by atoms with van der Waals surface area (Å²) in [6.45, 7) is 13.4. The SMILES string of the molecule is CC(C)NCC/N=C1/CC[C@]2(C)C3CC[C@@]4(C)C(CC[C@@H]4[C@H](C)CCC(=O)O)C3C[C@@H](O)[C@H]2C1. The van der Waals surface area contributed by atoms with Crippen molar-refractivity contribution in [2.24, 2.45) is 51.3 Å². The van der Waals surface area contributed by atoms with E-state index in [-0.39, 0.29) is 11.5 Å². The van der Waals surface area contributed by atoms with Crippen LogP contribution < -0.4 is 5.32 Å². The van der Waals surface area contributed by atoms with Crippen LogP contribution in [0.5, 0.6) is 0 Å². The minimum absolute atomic E-state index is 0.212. The highest BCUT2D eigenvalue weighted by molar-refractivity contribution is 5.85. The molecule has 194 valence electrons. The number of aliphatic hydroxyl groups is 1. The summed E-state index contributed by atoms with van der Waals surface area (Å²) in [6, 6.07) is 0.499. The monoisotopic (exact) mass is 474 g/mol. The lowest BCUT2D eigenvalue weighted by molar-refractivity contribution is -0.150. The molecule has 3 unspecified atom stereocenters. The number of carboxylic acids is 1. The van der Waals surface area contributed by atoms with Crippen LogP contribution in [0, 0.1) is 46.3 Å². The molecule has 0 heterocycles. The van der Waals surface area contributed by atoms with Crippen molar-refractivity contribution in [3.8, 4) is 0 Å². The standard InChI is InChI=1S/C29H50N2O3/c1-18(2)30-14-15-31-20-10-12-29(5)24-11-13-28(4)22(19(3)6-9-27(33)34)7-8-23(28)21(24)17-26(32)25(29)16-20/h18-19,21-26,30,32H,6-17H2,1-5H3,(H,33,34)/b31-20-/t19-,21?,22-,23?,24?,25-,26-,28-,29-/m1/s1. The summed E-state index contributed by atoms with van der Waals surface area (Å²) >= 11 is 0. The minimum atomic E-state index is -0.666. The fourth-order valence-corrected chi connectivity index (χ4v) is 9.34. The molecule has 0 radical (unpaired) electrons. The molecule has 4 rings (SSSR count). The zero-order chi connectivity index (χ0) is 24.7. The molecule has 4 aliphatic rings. The van der Waals surface area contributed by atoms with Crippen LogP contribution in [-0.4, -0.2) is 47.1 Å². The third-order valence-corrected chi connectivity index (χ3v) is 11.1. The zero-order valence-corrected chi connectivity index (χ0v) is 22.4. The van der Waals surface area contributed by atoms with Gasteiger partial charge in [0.25, 0.3) is 0 Å². The van der Waals surface area contributed by atoms with Gasteiger partial charge in [-0.15, -0.1) is 0 Å². The molecule has 9 atom stereocenters. The highest BCUT2D eigenvalue weighted by Crippen LogP contribution is 2.68. The third kappa shape index (κ3) is 4.85. The van der Waals surface area contributed by atoms with E-state index >= 15 is 0 Å². The van der Waals surface area contributed by atoms with E-state index in [1.165, 1.54) is 37.8 Å². The molecule has 3 N–H and O–H groups in total. The molecule has 0 saturated heterocycles. The van der Waals surface area contributed by atoms with Crippen molar-refractivity contribution in [3.05, 3.63) is 0 Å². The number of carboxylic acid groups (broad SMARTS) is 1. The smallest absolute Gasteiger partial charge is 0.303 e. The summed E-state index contributed by atoms with van der Waals surface area (Å²) in [7, 11) is 0. The first-order valence-corrected chi connectivity index (χ1v) is 14.2. The van der Waals surface area contributed by atoms with Gasteiger partial charge in [-0.2, -0.15) is 0 Å². The number of rotatable bonds is 8. The molecule has 34 heavy (non-hydrogen) atoms. The molecule has 0 bridgehead atoms. The van der Waals surface area contributed by atoms with Crippen LogP contribution in [0.3, 0.4) is 0 Å². The van der Waals surface area contributed by atoms with Crippen molar-refractivity contribution in [1.29, 1.82) is 0 Å². The van der Waals surface area contributed by atoms with Crippen LogP contribution in [0.25, 0.3) is 0 Å². The number of hydrogen-bond donors (Lipinski definition) is 3. The molecule has 5 nitrogen and oxygen atoms in total. The predicted molar refractivity (Wildman–Crippen MR) is 138 cm³/mol. The number of aliphatic carboxylic acids is 1. The van der Waals surface area contributed by atoms with Crippen molar-refractivity contribution in [2.45, 2.75) is 111 Å². The quantitative estimate of drug-likeness (QED) is 0.403. The Balaban J connectivity index is 1.45. The fraction of sp³-hybridized carbons (Fsp3) is 0.931. The number of carbonyl (C=O) groups is 1. The molecule has 0 aromatic carbocycles. The number of fused-ring (bicyclic) bond motifs is 5. The summed E-state index contributed by atoms with van der Waals surface area (Å²) in [6.07, 6.45) is 10.2. The lowest BCUT2D eigenvalue weighted by Gasteiger charge is -2.62. The summed E-state index contributed by atoms with van der Waals surface area (Å²) in [5, 5.41) is 24.1. The van der Waals surface area contributed by atoms with Gasteiger partial charge in [-0.05, 0) is 104 Å². The van der Waals surface area contributed by atoms with Gasteiger partial charge in [0.1, 0.15) is 0 Å². The first-order valence-electron chi connectivity index (χ1n) is 14.2. The van der Waals surface area contributed by atoms with Gasteiger partial charge in [0.15, 0.2) is 0 Å². The van der Waals surface area contributed by atoms with Gasteiger partial charge in [-0.3, -0.25) is 9.79 Å². The minimum Gasteiger partial charge on any atom is -0.481 e. The van der Waals surface area contributed by atoms with Crippen molar-refractivity contribution in [1.82, 2.24) is 5.32 Å². The highest BCUT2D eigenvalue weighted by atomic mass is 16.4. The summed E-state index contributed by atoms with van der Waals surface area (Å²) < 4.78 is 0. The molecule has 5 heteroatoms. The maximum absolute atomic E-state index is 11.5. The van der Waals surface area contributed by atoms with Gasteiger partial charge in [-0.25, -0.2) is 0 Å². The Morgan fingerprint density at radius 1 is 1.09 bits per heavy atom. The topological polar surface area (TPSA) is 81.9 Å². The fourth-order valence-electron chi connectivity index (χ4n) is 9.34. The Kier molecular flexibility index (Phi) is 7.84. The van der Waals surface area contributed by atoms with E-state index in [2.05, 4.69) is 39.9 Å². The first kappa shape index (κ1) is 26.1. The Hall–Kier alpha value is -0.940. The Morgan fingerprint density at radius 2 is 1.82 bits per heavy atom. The third-order valence-electron chi connectivity index (χ3n) is 11.1. The van der Waals surface area contributed by atoms with Crippen LogP contribution >= 0.6 is 0 Å². The van der Waals surface area contributed by atoms with E-state index in [0.29, 0.717) is 47.5 Å². The predicted octanol–water partition coefficient (Wildman–Crippen LogP) is 5.56. The molecule has 0 amide bonds. The molecule has 0 aromatic rings. The Bertz CT molecular complexity index is 766.